The van der Waals surface area contributed by atoms with E-state index in [4.69, 9.17) is 10.5 Å². The highest BCUT2D eigenvalue weighted by atomic mass is 32.2. The predicted molar refractivity (Wildman–Crippen MR) is 66.2 cm³/mol. The van der Waals surface area contributed by atoms with E-state index in [9.17, 15) is 13.2 Å². The lowest BCUT2D eigenvalue weighted by Gasteiger charge is -2.24. The Labute approximate surface area is 108 Å². The second kappa shape index (κ2) is 5.14. The Hall–Kier alpha value is -0.660. The molecule has 0 amide bonds. The predicted octanol–water partition coefficient (Wildman–Crippen LogP) is -0.309. The molecule has 1 aliphatic heterocycles. The molecule has 0 bridgehead atoms. The highest BCUT2D eigenvalue weighted by Gasteiger charge is 2.45. The van der Waals surface area contributed by atoms with Crippen LogP contribution in [0, 0.1) is 5.92 Å². The molecule has 1 saturated heterocycles. The van der Waals surface area contributed by atoms with Crippen molar-refractivity contribution >= 4 is 16.0 Å². The Morgan fingerprint density at radius 3 is 2.61 bits per heavy atom. The van der Waals surface area contributed by atoms with E-state index in [0.717, 1.165) is 6.42 Å². The molecule has 3 unspecified atom stereocenters. The summed E-state index contributed by atoms with van der Waals surface area (Å²) in [7, 11) is -2.12. The number of hydrogen-bond acceptors (Lipinski definition) is 5. The quantitative estimate of drug-likeness (QED) is 0.714. The highest BCUT2D eigenvalue weighted by molar-refractivity contribution is 7.89. The van der Waals surface area contributed by atoms with Gasteiger partial charge in [0.1, 0.15) is 0 Å². The summed E-state index contributed by atoms with van der Waals surface area (Å²) in [6, 6.07) is -0.0854. The molecule has 7 heteroatoms. The Morgan fingerprint density at radius 2 is 2.06 bits per heavy atom. The first-order chi connectivity index (χ1) is 8.46. The van der Waals surface area contributed by atoms with Crippen LogP contribution in [0.5, 0.6) is 0 Å². The monoisotopic (exact) mass is 276 g/mol. The van der Waals surface area contributed by atoms with E-state index >= 15 is 0 Å². The largest absolute Gasteiger partial charge is 0.469 e. The van der Waals surface area contributed by atoms with Crippen molar-refractivity contribution in [1.29, 1.82) is 0 Å². The van der Waals surface area contributed by atoms with E-state index in [2.05, 4.69) is 0 Å². The maximum atomic E-state index is 12.5. The molecular formula is C11H20N2O4S. The normalized spacial score (nSPS) is 33.8. The summed E-state index contributed by atoms with van der Waals surface area (Å²) in [6.45, 7) is 0.834. The van der Waals surface area contributed by atoms with Gasteiger partial charge >= 0.3 is 5.97 Å². The van der Waals surface area contributed by atoms with Gasteiger partial charge in [0.05, 0.1) is 18.3 Å². The minimum atomic E-state index is -3.42. The van der Waals surface area contributed by atoms with Crippen LogP contribution in [0.15, 0.2) is 0 Å². The molecular weight excluding hydrogens is 256 g/mol. The number of esters is 1. The lowest BCUT2D eigenvalue weighted by molar-refractivity contribution is -0.145. The fraction of sp³-hybridized carbons (Fsp3) is 0.909. The number of nitrogens with two attached hydrogens (primary N) is 1. The standard InChI is InChI=1S/C11H20N2O4S/c1-17-11(14)9-3-2-4-10(9)18(15,16)13-6-5-8(12)7-13/h8-10H,2-7,12H2,1H3. The van der Waals surface area contributed by atoms with Gasteiger partial charge in [0.15, 0.2) is 0 Å². The van der Waals surface area contributed by atoms with Gasteiger partial charge < -0.3 is 10.5 Å². The molecule has 1 heterocycles. The van der Waals surface area contributed by atoms with Crippen LogP contribution in [0.25, 0.3) is 0 Å². The summed E-state index contributed by atoms with van der Waals surface area (Å²) in [5.74, 6) is -0.929. The first-order valence-electron chi connectivity index (χ1n) is 6.29. The summed E-state index contributed by atoms with van der Waals surface area (Å²) in [6.07, 6.45) is 2.57. The van der Waals surface area contributed by atoms with E-state index in [-0.39, 0.29) is 6.04 Å². The molecule has 2 aliphatic rings. The van der Waals surface area contributed by atoms with E-state index in [1.54, 1.807) is 0 Å². The fourth-order valence-corrected chi connectivity index (χ4v) is 5.15. The van der Waals surface area contributed by atoms with Crippen LogP contribution in [0.2, 0.25) is 0 Å². The number of hydrogen-bond donors (Lipinski definition) is 1. The van der Waals surface area contributed by atoms with Crippen LogP contribution in [0.1, 0.15) is 25.7 Å². The second-order valence-electron chi connectivity index (χ2n) is 5.05. The molecule has 6 nitrogen and oxygen atoms in total. The lowest BCUT2D eigenvalue weighted by Crippen LogP contribution is -2.42. The SMILES string of the molecule is COC(=O)C1CCCC1S(=O)(=O)N1CCC(N)C1. The zero-order valence-electron chi connectivity index (χ0n) is 10.5. The minimum absolute atomic E-state index is 0.0854. The van der Waals surface area contributed by atoms with Gasteiger partial charge in [-0.3, -0.25) is 4.79 Å². The first kappa shape index (κ1) is 13.8. The van der Waals surface area contributed by atoms with Gasteiger partial charge in [-0.25, -0.2) is 12.7 Å². The number of carbonyl (C=O) groups is 1. The third-order valence-corrected chi connectivity index (χ3v) is 6.27. The molecule has 104 valence electrons. The number of sulfonamides is 1. The van der Waals surface area contributed by atoms with Crippen LogP contribution in [0.3, 0.4) is 0 Å². The molecule has 3 atom stereocenters. The maximum absolute atomic E-state index is 12.5. The zero-order valence-corrected chi connectivity index (χ0v) is 11.4. The third-order valence-electron chi connectivity index (χ3n) is 3.89. The molecule has 1 aliphatic carbocycles. The Balaban J connectivity index is 2.16. The van der Waals surface area contributed by atoms with Gasteiger partial charge in [-0.2, -0.15) is 0 Å². The molecule has 2 fully saturated rings. The van der Waals surface area contributed by atoms with Crippen molar-refractivity contribution in [3.63, 3.8) is 0 Å². The van der Waals surface area contributed by atoms with Gasteiger partial charge in [0.2, 0.25) is 10.0 Å². The first-order valence-corrected chi connectivity index (χ1v) is 7.79. The summed E-state index contributed by atoms with van der Waals surface area (Å²) < 4.78 is 31.1. The molecule has 0 aromatic heterocycles. The van der Waals surface area contributed by atoms with Crippen LogP contribution in [0.4, 0.5) is 0 Å². The van der Waals surface area contributed by atoms with Gasteiger partial charge in [-0.15, -0.1) is 0 Å². The molecule has 1 saturated carbocycles. The number of nitrogens with zero attached hydrogens (tertiary/aromatic N) is 1. The van der Waals surface area contributed by atoms with Crippen LogP contribution >= 0.6 is 0 Å². The lowest BCUT2D eigenvalue weighted by atomic mass is 10.1. The second-order valence-corrected chi connectivity index (χ2v) is 7.20. The number of ether oxygens (including phenoxy) is 1. The Kier molecular flexibility index (Phi) is 3.93. The molecule has 0 spiro atoms. The van der Waals surface area contributed by atoms with Gasteiger partial charge in [0.25, 0.3) is 0 Å². The van der Waals surface area contributed by atoms with Crippen molar-refractivity contribution < 1.29 is 17.9 Å². The van der Waals surface area contributed by atoms with Gasteiger partial charge in [-0.05, 0) is 19.3 Å². The van der Waals surface area contributed by atoms with Crippen LogP contribution < -0.4 is 5.73 Å². The fourth-order valence-electron chi connectivity index (χ4n) is 2.88. The van der Waals surface area contributed by atoms with E-state index in [0.29, 0.717) is 32.4 Å². The zero-order chi connectivity index (χ0) is 13.3. The molecule has 0 aromatic carbocycles. The van der Waals surface area contributed by atoms with Crippen molar-refractivity contribution in [2.24, 2.45) is 11.7 Å². The third kappa shape index (κ3) is 2.39. The number of methoxy groups -OCH3 is 1. The van der Waals surface area contributed by atoms with Crippen molar-refractivity contribution in [2.75, 3.05) is 20.2 Å². The summed E-state index contributed by atoms with van der Waals surface area (Å²) in [4.78, 5) is 11.6. The topological polar surface area (TPSA) is 89.7 Å². The molecule has 18 heavy (non-hydrogen) atoms. The summed E-state index contributed by atoms with van der Waals surface area (Å²) in [5, 5.41) is -0.629. The number of rotatable bonds is 3. The molecule has 2 N–H and O–H groups in total. The Morgan fingerprint density at radius 1 is 1.33 bits per heavy atom. The van der Waals surface area contributed by atoms with Crippen molar-refractivity contribution in [2.45, 2.75) is 37.0 Å². The maximum Gasteiger partial charge on any atom is 0.310 e. The molecule has 0 radical (unpaired) electrons. The van der Waals surface area contributed by atoms with E-state index in [1.807, 2.05) is 0 Å². The summed E-state index contributed by atoms with van der Waals surface area (Å²) in [5.41, 5.74) is 5.74. The molecule has 0 aromatic rings. The summed E-state index contributed by atoms with van der Waals surface area (Å²) >= 11 is 0. The van der Waals surface area contributed by atoms with Crippen LogP contribution in [-0.2, 0) is 19.6 Å². The number of carbonyl (C=O) groups excluding carboxylic acids is 1. The van der Waals surface area contributed by atoms with Gasteiger partial charge in [-0.1, -0.05) is 6.42 Å². The Bertz CT molecular complexity index is 423. The van der Waals surface area contributed by atoms with Gasteiger partial charge in [0, 0.05) is 19.1 Å². The van der Waals surface area contributed by atoms with E-state index < -0.39 is 27.2 Å². The molecule has 2 rings (SSSR count). The van der Waals surface area contributed by atoms with Crippen molar-refractivity contribution in [3.05, 3.63) is 0 Å². The van der Waals surface area contributed by atoms with Crippen LogP contribution in [-0.4, -0.2) is 50.2 Å². The smallest absolute Gasteiger partial charge is 0.310 e. The average Bonchev–Trinajstić information content (AvgIpc) is 2.96. The minimum Gasteiger partial charge on any atom is -0.469 e. The van der Waals surface area contributed by atoms with E-state index in [1.165, 1.54) is 11.4 Å². The highest BCUT2D eigenvalue weighted by Crippen LogP contribution is 2.34. The van der Waals surface area contributed by atoms with Crippen molar-refractivity contribution in [1.82, 2.24) is 4.31 Å². The van der Waals surface area contributed by atoms with Crippen molar-refractivity contribution in [3.8, 4) is 0 Å². The average molecular weight is 276 g/mol.